The van der Waals surface area contributed by atoms with E-state index in [2.05, 4.69) is 10.1 Å². The Hall–Kier alpha value is -2.38. The van der Waals surface area contributed by atoms with Crippen LogP contribution in [-0.2, 0) is 6.42 Å². The maximum atomic E-state index is 13.0. The Morgan fingerprint density at radius 2 is 1.86 bits per heavy atom. The summed E-state index contributed by atoms with van der Waals surface area (Å²) in [7, 11) is 0. The monoisotopic (exact) mass is 430 g/mol. The topological polar surface area (TPSA) is 71.0 Å². The maximum Gasteiger partial charge on any atom is 0.277 e. The first-order valence-corrected chi connectivity index (χ1v) is 11.0. The Balaban J connectivity index is 1.63. The van der Waals surface area contributed by atoms with Gasteiger partial charge in [0.05, 0.1) is 5.69 Å². The fourth-order valence-corrected chi connectivity index (χ4v) is 4.77. The molecule has 0 radical (unpaired) electrons. The molecule has 0 unspecified atom stereocenters. The molecule has 8 heteroatoms. The van der Waals surface area contributed by atoms with E-state index >= 15 is 0 Å². The number of hydrogen-bond donors (Lipinski definition) is 1. The Labute approximate surface area is 178 Å². The Kier molecular flexibility index (Phi) is 5.61. The zero-order valence-electron chi connectivity index (χ0n) is 16.5. The number of amides is 1. The second kappa shape index (κ2) is 8.16. The van der Waals surface area contributed by atoms with Crippen molar-refractivity contribution in [3.8, 4) is 5.13 Å². The fourth-order valence-electron chi connectivity index (χ4n) is 3.65. The normalized spacial score (nSPS) is 14.4. The summed E-state index contributed by atoms with van der Waals surface area (Å²) in [6, 6.07) is 7.48. The van der Waals surface area contributed by atoms with Gasteiger partial charge in [-0.05, 0) is 50.8 Å². The lowest BCUT2D eigenvalue weighted by Gasteiger charge is -2.26. The molecule has 1 aliphatic rings. The molecule has 1 amide bonds. The Bertz CT molecular complexity index is 1090. The van der Waals surface area contributed by atoms with Crippen LogP contribution in [0.4, 0.5) is 0 Å². The molecule has 4 rings (SSSR count). The number of nitrogens with one attached hydrogen (secondary N) is 1. The van der Waals surface area contributed by atoms with Crippen molar-refractivity contribution in [3.05, 3.63) is 67.0 Å². The number of benzene rings is 1. The van der Waals surface area contributed by atoms with Crippen molar-refractivity contribution in [1.82, 2.24) is 19.7 Å². The summed E-state index contributed by atoms with van der Waals surface area (Å²) in [5, 5.41) is 4.29. The van der Waals surface area contributed by atoms with E-state index < -0.39 is 0 Å². The van der Waals surface area contributed by atoms with Gasteiger partial charge < -0.3 is 4.90 Å². The third-order valence-corrected chi connectivity index (χ3v) is 6.68. The number of piperidine rings is 1. The molecule has 2 aromatic heterocycles. The molecule has 3 heterocycles. The average molecular weight is 431 g/mol. The van der Waals surface area contributed by atoms with E-state index in [1.54, 1.807) is 0 Å². The highest BCUT2D eigenvalue weighted by Crippen LogP contribution is 2.24. The number of carbonyl (C=O) groups excluding carboxylic acids is 1. The van der Waals surface area contributed by atoms with E-state index in [-0.39, 0.29) is 11.5 Å². The van der Waals surface area contributed by atoms with Crippen LogP contribution in [0.15, 0.2) is 29.1 Å². The van der Waals surface area contributed by atoms with Crippen molar-refractivity contribution >= 4 is 28.8 Å². The fraction of sp³-hybridized carbons (Fsp3) is 0.381. The molecule has 1 N–H and O–H groups in total. The van der Waals surface area contributed by atoms with Crippen LogP contribution in [0.2, 0.25) is 5.02 Å². The number of aromatic nitrogens is 3. The van der Waals surface area contributed by atoms with Crippen LogP contribution in [0, 0.1) is 13.8 Å². The van der Waals surface area contributed by atoms with Crippen molar-refractivity contribution in [2.24, 2.45) is 0 Å². The second-order valence-corrected chi connectivity index (χ2v) is 8.84. The lowest BCUT2D eigenvalue weighted by Crippen LogP contribution is -2.35. The number of H-pyrrole nitrogens is 1. The summed E-state index contributed by atoms with van der Waals surface area (Å²) in [4.78, 5) is 32.9. The Morgan fingerprint density at radius 1 is 1.17 bits per heavy atom. The van der Waals surface area contributed by atoms with Gasteiger partial charge in [-0.2, -0.15) is 4.68 Å². The van der Waals surface area contributed by atoms with E-state index in [1.165, 1.54) is 22.4 Å². The van der Waals surface area contributed by atoms with Gasteiger partial charge in [0.15, 0.2) is 0 Å². The number of hydrogen-bond acceptors (Lipinski definition) is 4. The lowest BCUT2D eigenvalue weighted by molar-refractivity contribution is 0.0728. The van der Waals surface area contributed by atoms with Gasteiger partial charge in [-0.3, -0.25) is 14.7 Å². The van der Waals surface area contributed by atoms with Gasteiger partial charge in [-0.25, -0.2) is 4.98 Å². The molecule has 3 aromatic rings. The molecule has 6 nitrogen and oxygen atoms in total. The summed E-state index contributed by atoms with van der Waals surface area (Å²) in [6.45, 7) is 5.28. The molecule has 152 valence electrons. The third kappa shape index (κ3) is 4.02. The van der Waals surface area contributed by atoms with Crippen LogP contribution < -0.4 is 5.56 Å². The number of aryl methyl sites for hydroxylation is 2. The molecule has 0 aliphatic carbocycles. The largest absolute Gasteiger partial charge is 0.338 e. The minimum Gasteiger partial charge on any atom is -0.338 e. The van der Waals surface area contributed by atoms with Crippen LogP contribution in [-0.4, -0.2) is 38.7 Å². The highest BCUT2D eigenvalue weighted by atomic mass is 35.5. The molecule has 29 heavy (non-hydrogen) atoms. The zero-order chi connectivity index (χ0) is 20.5. The number of nitrogens with zero attached hydrogens (tertiary/aromatic N) is 3. The highest BCUT2D eigenvalue weighted by molar-refractivity contribution is 7.16. The molecule has 0 saturated carbocycles. The van der Waals surface area contributed by atoms with Gasteiger partial charge in [0, 0.05) is 35.8 Å². The van der Waals surface area contributed by atoms with E-state index in [9.17, 15) is 9.59 Å². The number of likely N-dealkylation sites (tertiary alicyclic amines) is 1. The number of halogens is 1. The van der Waals surface area contributed by atoms with Crippen molar-refractivity contribution < 1.29 is 4.79 Å². The predicted octanol–water partition coefficient (Wildman–Crippen LogP) is 4.11. The average Bonchev–Trinajstić information content (AvgIpc) is 3.24. The summed E-state index contributed by atoms with van der Waals surface area (Å²) in [5.74, 6) is 0.0173. The molecule has 0 spiro atoms. The van der Waals surface area contributed by atoms with E-state index in [0.29, 0.717) is 32.7 Å². The molecular formula is C21H23ClN4O2S. The van der Waals surface area contributed by atoms with Gasteiger partial charge in [0.25, 0.3) is 11.5 Å². The van der Waals surface area contributed by atoms with Crippen LogP contribution in [0.25, 0.3) is 5.13 Å². The van der Waals surface area contributed by atoms with Crippen LogP contribution >= 0.6 is 22.9 Å². The van der Waals surface area contributed by atoms with Crippen molar-refractivity contribution in [2.45, 2.75) is 39.5 Å². The smallest absolute Gasteiger partial charge is 0.277 e. The Morgan fingerprint density at radius 3 is 2.55 bits per heavy atom. The van der Waals surface area contributed by atoms with Gasteiger partial charge in [0.1, 0.15) is 4.88 Å². The van der Waals surface area contributed by atoms with Crippen molar-refractivity contribution in [2.75, 3.05) is 13.1 Å². The molecule has 1 aromatic carbocycles. The van der Waals surface area contributed by atoms with Gasteiger partial charge in [-0.1, -0.05) is 35.1 Å². The van der Waals surface area contributed by atoms with Crippen molar-refractivity contribution in [3.63, 3.8) is 0 Å². The van der Waals surface area contributed by atoms with Gasteiger partial charge in [0.2, 0.25) is 5.13 Å². The number of rotatable bonds is 4. The molecular weight excluding hydrogens is 408 g/mol. The van der Waals surface area contributed by atoms with Crippen LogP contribution in [0.5, 0.6) is 0 Å². The van der Waals surface area contributed by atoms with Gasteiger partial charge in [-0.15, -0.1) is 0 Å². The first kappa shape index (κ1) is 19.9. The number of thiazole rings is 1. The third-order valence-electron chi connectivity index (χ3n) is 5.30. The van der Waals surface area contributed by atoms with E-state index in [1.807, 2.05) is 43.0 Å². The molecule has 1 saturated heterocycles. The highest BCUT2D eigenvalue weighted by Gasteiger charge is 2.24. The minimum absolute atomic E-state index is 0.0173. The summed E-state index contributed by atoms with van der Waals surface area (Å²) >= 11 is 7.22. The molecule has 1 aliphatic heterocycles. The van der Waals surface area contributed by atoms with E-state index in [0.717, 1.165) is 37.2 Å². The number of carbonyl (C=O) groups is 1. The SMILES string of the molecule is Cc1nc(-n2[nH]c(C)c(Cc3ccc(Cl)cc3)c2=O)sc1C(=O)N1CCCCC1. The molecule has 1 fully saturated rings. The first-order valence-electron chi connectivity index (χ1n) is 9.76. The van der Waals surface area contributed by atoms with Gasteiger partial charge >= 0.3 is 0 Å². The number of aromatic amines is 1. The lowest BCUT2D eigenvalue weighted by atomic mass is 10.1. The quantitative estimate of drug-likeness (QED) is 0.677. The predicted molar refractivity (Wildman–Crippen MR) is 116 cm³/mol. The summed E-state index contributed by atoms with van der Waals surface area (Å²) in [5.41, 5.74) is 3.02. The first-order chi connectivity index (χ1) is 13.9. The second-order valence-electron chi connectivity index (χ2n) is 7.42. The molecule has 0 atom stereocenters. The maximum absolute atomic E-state index is 13.0. The summed E-state index contributed by atoms with van der Waals surface area (Å²) in [6.07, 6.45) is 3.76. The zero-order valence-corrected chi connectivity index (χ0v) is 18.1. The molecule has 0 bridgehead atoms. The summed E-state index contributed by atoms with van der Waals surface area (Å²) < 4.78 is 1.45. The minimum atomic E-state index is -0.136. The van der Waals surface area contributed by atoms with Crippen molar-refractivity contribution in [1.29, 1.82) is 0 Å². The standard InChI is InChI=1S/C21H23ClN4O2S/c1-13-17(12-15-6-8-16(22)9-7-15)19(27)26(24-13)21-23-14(2)18(29-21)20(28)25-10-4-3-5-11-25/h6-9,24H,3-5,10-12H2,1-2H3. The van der Waals surface area contributed by atoms with Crippen LogP contribution in [0.1, 0.15) is 51.4 Å². The van der Waals surface area contributed by atoms with E-state index in [4.69, 9.17) is 11.6 Å². The van der Waals surface area contributed by atoms with Crippen LogP contribution in [0.3, 0.4) is 0 Å².